The van der Waals surface area contributed by atoms with Gasteiger partial charge in [0.15, 0.2) is 5.82 Å². The number of nitrogens with zero attached hydrogens (tertiary/aromatic N) is 2. The van der Waals surface area contributed by atoms with Gasteiger partial charge < -0.3 is 10.6 Å². The molecule has 1 aromatic heterocycles. The van der Waals surface area contributed by atoms with Gasteiger partial charge in [-0.25, -0.2) is 4.79 Å². The molecule has 0 saturated carbocycles. The van der Waals surface area contributed by atoms with Gasteiger partial charge >= 0.3 is 5.76 Å². The van der Waals surface area contributed by atoms with Crippen LogP contribution in [0.3, 0.4) is 0 Å². The zero-order valence-corrected chi connectivity index (χ0v) is 15.9. The maximum atomic E-state index is 12.3. The van der Waals surface area contributed by atoms with Gasteiger partial charge in [-0.1, -0.05) is 16.8 Å². The molecule has 3 aromatic rings. The van der Waals surface area contributed by atoms with Crippen molar-refractivity contribution in [3.8, 4) is 11.4 Å². The molecule has 0 saturated heterocycles. The quantitative estimate of drug-likeness (QED) is 0.684. The Balaban J connectivity index is 1.62. The number of benzene rings is 2. The molecular weight excluding hydrogens is 384 g/mol. The maximum absolute atomic E-state index is 12.3. The molecule has 0 radical (unpaired) electrons. The minimum absolute atomic E-state index is 0.371. The lowest BCUT2D eigenvalue weighted by Crippen LogP contribution is -2.41. The number of carbonyl (C=O) groups is 2. The molecule has 0 bridgehead atoms. The van der Waals surface area contributed by atoms with Gasteiger partial charge in [0.05, 0.1) is 0 Å². The van der Waals surface area contributed by atoms with Crippen molar-refractivity contribution in [2.45, 2.75) is 13.0 Å². The second-order valence-corrected chi connectivity index (χ2v) is 6.54. The highest BCUT2D eigenvalue weighted by molar-refractivity contribution is 6.30. The first kappa shape index (κ1) is 19.4. The van der Waals surface area contributed by atoms with Crippen LogP contribution in [-0.2, 0) is 11.8 Å². The van der Waals surface area contributed by atoms with Gasteiger partial charge in [-0.3, -0.25) is 18.7 Å². The van der Waals surface area contributed by atoms with Gasteiger partial charge in [0.25, 0.3) is 5.91 Å². The zero-order chi connectivity index (χ0) is 20.3. The number of anilines is 1. The Labute approximate surface area is 165 Å². The maximum Gasteiger partial charge on any atom is 0.441 e. The highest BCUT2D eigenvalue weighted by Crippen LogP contribution is 2.18. The minimum Gasteiger partial charge on any atom is -0.341 e. The van der Waals surface area contributed by atoms with E-state index >= 15 is 0 Å². The molecule has 1 atom stereocenters. The molecule has 0 aliphatic carbocycles. The predicted octanol–water partition coefficient (Wildman–Crippen LogP) is 2.45. The van der Waals surface area contributed by atoms with E-state index in [9.17, 15) is 14.4 Å². The number of hydrogen-bond donors (Lipinski definition) is 2. The summed E-state index contributed by atoms with van der Waals surface area (Å²) in [5.41, 5.74) is 1.61. The zero-order valence-electron chi connectivity index (χ0n) is 15.1. The van der Waals surface area contributed by atoms with Crippen molar-refractivity contribution in [2.24, 2.45) is 7.05 Å². The van der Waals surface area contributed by atoms with Crippen molar-refractivity contribution < 1.29 is 14.1 Å². The van der Waals surface area contributed by atoms with Crippen molar-refractivity contribution >= 4 is 29.1 Å². The first-order valence-electron chi connectivity index (χ1n) is 8.35. The van der Waals surface area contributed by atoms with Crippen LogP contribution in [-0.4, -0.2) is 27.6 Å². The Morgan fingerprint density at radius 3 is 2.32 bits per heavy atom. The molecule has 0 spiro atoms. The van der Waals surface area contributed by atoms with E-state index in [0.29, 0.717) is 27.7 Å². The molecule has 0 aliphatic heterocycles. The topological polar surface area (TPSA) is 106 Å². The van der Waals surface area contributed by atoms with Crippen molar-refractivity contribution in [2.75, 3.05) is 5.32 Å². The summed E-state index contributed by atoms with van der Waals surface area (Å²) in [7, 11) is 1.55. The number of amides is 2. The Morgan fingerprint density at radius 1 is 1.11 bits per heavy atom. The van der Waals surface area contributed by atoms with Crippen LogP contribution in [0.25, 0.3) is 11.4 Å². The van der Waals surface area contributed by atoms with E-state index in [1.807, 2.05) is 0 Å². The lowest BCUT2D eigenvalue weighted by molar-refractivity contribution is -0.117. The number of halogens is 1. The van der Waals surface area contributed by atoms with Gasteiger partial charge in [0, 0.05) is 28.9 Å². The lowest BCUT2D eigenvalue weighted by atomic mass is 10.1. The van der Waals surface area contributed by atoms with E-state index in [1.165, 1.54) is 4.57 Å². The summed E-state index contributed by atoms with van der Waals surface area (Å²) in [5.74, 6) is -0.922. The Bertz CT molecular complexity index is 1050. The third-order valence-corrected chi connectivity index (χ3v) is 4.31. The number of aromatic nitrogens is 2. The lowest BCUT2D eigenvalue weighted by Gasteiger charge is -2.14. The molecule has 2 N–H and O–H groups in total. The number of hydrogen-bond acceptors (Lipinski definition) is 5. The number of rotatable bonds is 5. The van der Waals surface area contributed by atoms with Gasteiger partial charge in [0.1, 0.15) is 6.04 Å². The molecule has 9 heteroatoms. The summed E-state index contributed by atoms with van der Waals surface area (Å²) in [6, 6.07) is 12.4. The molecule has 1 heterocycles. The van der Waals surface area contributed by atoms with Crippen molar-refractivity contribution in [3.63, 3.8) is 0 Å². The molecule has 0 aliphatic rings. The van der Waals surface area contributed by atoms with Crippen LogP contribution in [0.2, 0.25) is 5.02 Å². The summed E-state index contributed by atoms with van der Waals surface area (Å²) in [6.45, 7) is 1.59. The Morgan fingerprint density at radius 2 is 1.75 bits per heavy atom. The van der Waals surface area contributed by atoms with E-state index in [0.717, 1.165) is 0 Å². The van der Waals surface area contributed by atoms with Gasteiger partial charge in [-0.05, 0) is 55.5 Å². The van der Waals surface area contributed by atoms with E-state index < -0.39 is 11.8 Å². The van der Waals surface area contributed by atoms with Crippen LogP contribution < -0.4 is 16.4 Å². The first-order valence-corrected chi connectivity index (χ1v) is 8.73. The van der Waals surface area contributed by atoms with Crippen LogP contribution >= 0.6 is 11.6 Å². The van der Waals surface area contributed by atoms with E-state index in [2.05, 4.69) is 20.3 Å². The summed E-state index contributed by atoms with van der Waals surface area (Å²) < 4.78 is 5.88. The van der Waals surface area contributed by atoms with Crippen LogP contribution in [0, 0.1) is 0 Å². The first-order chi connectivity index (χ1) is 13.3. The van der Waals surface area contributed by atoms with Gasteiger partial charge in [0.2, 0.25) is 5.91 Å². The Kier molecular flexibility index (Phi) is 5.60. The summed E-state index contributed by atoms with van der Waals surface area (Å²) in [4.78, 5) is 35.9. The molecule has 28 heavy (non-hydrogen) atoms. The normalized spacial score (nSPS) is 11.7. The predicted molar refractivity (Wildman–Crippen MR) is 104 cm³/mol. The highest BCUT2D eigenvalue weighted by Gasteiger charge is 2.17. The average Bonchev–Trinajstić information content (AvgIpc) is 3.01. The molecule has 3 rings (SSSR count). The van der Waals surface area contributed by atoms with Crippen LogP contribution in [0.15, 0.2) is 57.8 Å². The Hall–Kier alpha value is -3.39. The molecular formula is C19H17ClN4O4. The fourth-order valence-corrected chi connectivity index (χ4v) is 2.56. The second-order valence-electron chi connectivity index (χ2n) is 6.10. The van der Waals surface area contributed by atoms with Crippen molar-refractivity contribution in [1.82, 2.24) is 15.0 Å². The molecule has 0 fully saturated rings. The monoisotopic (exact) mass is 400 g/mol. The van der Waals surface area contributed by atoms with Gasteiger partial charge in [-0.15, -0.1) is 0 Å². The van der Waals surface area contributed by atoms with Crippen molar-refractivity contribution in [3.05, 3.63) is 69.7 Å². The van der Waals surface area contributed by atoms with Crippen molar-refractivity contribution in [1.29, 1.82) is 0 Å². The van der Waals surface area contributed by atoms with Crippen LogP contribution in [0.5, 0.6) is 0 Å². The summed E-state index contributed by atoms with van der Waals surface area (Å²) in [5, 5.41) is 9.58. The van der Waals surface area contributed by atoms with Gasteiger partial charge in [-0.2, -0.15) is 0 Å². The van der Waals surface area contributed by atoms with E-state index in [1.54, 1.807) is 62.5 Å². The number of carbonyl (C=O) groups excluding carboxylic acids is 2. The largest absolute Gasteiger partial charge is 0.441 e. The minimum atomic E-state index is -0.751. The third kappa shape index (κ3) is 4.29. The van der Waals surface area contributed by atoms with Crippen LogP contribution in [0.1, 0.15) is 17.3 Å². The summed E-state index contributed by atoms with van der Waals surface area (Å²) >= 11 is 5.80. The molecule has 2 aromatic carbocycles. The summed E-state index contributed by atoms with van der Waals surface area (Å²) in [6.07, 6.45) is 0. The molecule has 2 amide bonds. The number of nitrogens with one attached hydrogen (secondary N) is 2. The SMILES string of the molecule is C[C@@H](NC(=O)c1ccc(Cl)cc1)C(=O)Nc1ccc(-c2noc(=O)n2C)cc1. The fourth-order valence-electron chi connectivity index (χ4n) is 2.44. The smallest absolute Gasteiger partial charge is 0.341 e. The van der Waals surface area contributed by atoms with Crippen LogP contribution in [0.4, 0.5) is 5.69 Å². The molecule has 0 unspecified atom stereocenters. The average molecular weight is 401 g/mol. The highest BCUT2D eigenvalue weighted by atomic mass is 35.5. The second kappa shape index (κ2) is 8.10. The fraction of sp³-hybridized carbons (Fsp3) is 0.158. The van der Waals surface area contributed by atoms with E-state index in [4.69, 9.17) is 11.6 Å². The van der Waals surface area contributed by atoms with E-state index in [-0.39, 0.29) is 11.8 Å². The molecule has 144 valence electrons. The molecule has 8 nitrogen and oxygen atoms in total. The standard InChI is InChI=1S/C19H17ClN4O4/c1-11(21-18(26)13-3-7-14(20)8-4-13)17(25)22-15-9-5-12(6-10-15)16-23-28-19(27)24(16)2/h3-11H,1-2H3,(H,21,26)(H,22,25)/t11-/m1/s1. The third-order valence-electron chi connectivity index (χ3n) is 4.06.